The number of nitrogen functional groups attached to an aromatic ring is 1. The van der Waals surface area contributed by atoms with Crippen molar-refractivity contribution in [2.75, 3.05) is 12.1 Å². The molecule has 0 aliphatic rings. The molecule has 1 atom stereocenters. The number of hydrogen-bond donors (Lipinski definition) is 4. The van der Waals surface area contributed by atoms with E-state index in [-0.39, 0.29) is 23.7 Å². The van der Waals surface area contributed by atoms with Gasteiger partial charge in [0.05, 0.1) is 12.9 Å². The van der Waals surface area contributed by atoms with Crippen molar-refractivity contribution in [1.82, 2.24) is 19.5 Å². The van der Waals surface area contributed by atoms with Gasteiger partial charge in [-0.1, -0.05) is 18.2 Å². The third-order valence-corrected chi connectivity index (χ3v) is 3.76. The number of anilines is 1. The maximum atomic E-state index is 11.8. The van der Waals surface area contributed by atoms with E-state index in [4.69, 9.17) is 25.0 Å². The molecule has 1 unspecified atom stereocenters. The highest BCUT2D eigenvalue weighted by molar-refractivity contribution is 7.51. The van der Waals surface area contributed by atoms with Crippen LogP contribution < -0.4 is 16.0 Å². The number of para-hydroxylation sites is 1. The van der Waals surface area contributed by atoms with Crippen LogP contribution >= 0.6 is 7.60 Å². The van der Waals surface area contributed by atoms with Crippen molar-refractivity contribution in [3.63, 3.8) is 0 Å². The van der Waals surface area contributed by atoms with Gasteiger partial charge in [0, 0.05) is 0 Å². The molecule has 0 saturated carbocycles. The van der Waals surface area contributed by atoms with Gasteiger partial charge in [0.2, 0.25) is 12.2 Å². The summed E-state index contributed by atoms with van der Waals surface area (Å²) in [6.45, 7) is -0.0265. The van der Waals surface area contributed by atoms with Crippen LogP contribution in [0.5, 0.6) is 5.75 Å². The average Bonchev–Trinajstić information content (AvgIpc) is 2.96. The second kappa shape index (κ2) is 7.26. The number of hydrogen-bond acceptors (Lipinski definition) is 7. The first-order chi connectivity index (χ1) is 12.3. The van der Waals surface area contributed by atoms with E-state index in [1.165, 1.54) is 10.9 Å². The highest BCUT2D eigenvalue weighted by Gasteiger charge is 2.21. The van der Waals surface area contributed by atoms with Crippen LogP contribution in [0.15, 0.2) is 41.5 Å². The Balaban J connectivity index is 1.87. The molecule has 5 N–H and O–H groups in total. The first-order valence-corrected chi connectivity index (χ1v) is 9.20. The molecule has 0 aliphatic carbocycles. The predicted molar refractivity (Wildman–Crippen MR) is 91.4 cm³/mol. The summed E-state index contributed by atoms with van der Waals surface area (Å²) in [5, 5.41) is 0. The lowest BCUT2D eigenvalue weighted by Gasteiger charge is -2.20. The highest BCUT2D eigenvalue weighted by atomic mass is 31.2. The van der Waals surface area contributed by atoms with E-state index in [0.717, 1.165) is 0 Å². The molecular formula is C14H16N5O6P. The Bertz CT molecular complexity index is 998. The largest absolute Gasteiger partial charge is 0.463 e. The lowest BCUT2D eigenvalue weighted by Crippen LogP contribution is -2.27. The smallest absolute Gasteiger partial charge is 0.351 e. The first kappa shape index (κ1) is 18.1. The summed E-state index contributed by atoms with van der Waals surface area (Å²) in [5.41, 5.74) is 5.33. The molecule has 26 heavy (non-hydrogen) atoms. The Hall–Kier alpha value is -2.72. The Morgan fingerprint density at radius 1 is 1.31 bits per heavy atom. The number of benzene rings is 1. The van der Waals surface area contributed by atoms with Crippen molar-refractivity contribution in [3.8, 4) is 5.75 Å². The van der Waals surface area contributed by atoms with E-state index < -0.39 is 25.8 Å². The number of nitrogens with two attached hydrogens (primary N) is 1. The van der Waals surface area contributed by atoms with E-state index in [1.807, 2.05) is 0 Å². The van der Waals surface area contributed by atoms with Gasteiger partial charge in [-0.3, -0.25) is 14.3 Å². The molecule has 0 spiro atoms. The van der Waals surface area contributed by atoms with Gasteiger partial charge in [-0.2, -0.15) is 4.98 Å². The Kier molecular flexibility index (Phi) is 5.05. The van der Waals surface area contributed by atoms with Gasteiger partial charge in [0.15, 0.2) is 17.5 Å². The Morgan fingerprint density at radius 3 is 2.73 bits per heavy atom. The maximum Gasteiger partial charge on any atom is 0.351 e. The molecule has 3 aromatic rings. The second-order valence-corrected chi connectivity index (χ2v) is 6.93. The van der Waals surface area contributed by atoms with Gasteiger partial charge in [-0.25, -0.2) is 4.98 Å². The van der Waals surface area contributed by atoms with Gasteiger partial charge in [0.1, 0.15) is 5.75 Å². The first-order valence-electron chi connectivity index (χ1n) is 7.40. The number of nitrogens with zero attached hydrogens (tertiary/aromatic N) is 3. The maximum absolute atomic E-state index is 11.8. The molecule has 0 bridgehead atoms. The number of H-pyrrole nitrogens is 1. The van der Waals surface area contributed by atoms with E-state index in [2.05, 4.69) is 15.0 Å². The molecule has 2 aromatic heterocycles. The number of rotatable bonds is 7. The van der Waals surface area contributed by atoms with E-state index >= 15 is 0 Å². The molecule has 3 rings (SSSR count). The minimum Gasteiger partial charge on any atom is -0.463 e. The fourth-order valence-electron chi connectivity index (χ4n) is 2.22. The molecule has 0 amide bonds. The highest BCUT2D eigenvalue weighted by Crippen LogP contribution is 2.34. The van der Waals surface area contributed by atoms with Crippen molar-refractivity contribution < 1.29 is 23.8 Å². The van der Waals surface area contributed by atoms with Gasteiger partial charge >= 0.3 is 7.60 Å². The standard InChI is InChI=1S/C14H16N5O6P/c15-14-17-12-11(13(20)18-14)16-7-19(12)6-10(24-8-26(21,22)23)25-9-4-2-1-3-5-9/h1-5,7,10H,6,8H2,(H2,21,22,23)(H3,15,17,18,20). The quantitative estimate of drug-likeness (QED) is 0.332. The van der Waals surface area contributed by atoms with Gasteiger partial charge in [-0.15, -0.1) is 0 Å². The van der Waals surface area contributed by atoms with Crippen molar-refractivity contribution in [1.29, 1.82) is 0 Å². The lowest BCUT2D eigenvalue weighted by atomic mass is 10.3. The molecule has 11 nitrogen and oxygen atoms in total. The summed E-state index contributed by atoms with van der Waals surface area (Å²) in [6.07, 6.45) is -0.549. The third-order valence-electron chi connectivity index (χ3n) is 3.28. The van der Waals surface area contributed by atoms with Crippen LogP contribution in [0.1, 0.15) is 0 Å². The molecule has 2 heterocycles. The van der Waals surface area contributed by atoms with Crippen LogP contribution in [0.4, 0.5) is 5.95 Å². The SMILES string of the molecule is Nc1nc2c(ncn2CC(OCP(=O)(O)O)Oc2ccccc2)c(=O)[nH]1. The van der Waals surface area contributed by atoms with E-state index in [9.17, 15) is 9.36 Å². The van der Waals surface area contributed by atoms with Crippen molar-refractivity contribution in [2.45, 2.75) is 12.8 Å². The zero-order valence-electron chi connectivity index (χ0n) is 13.3. The van der Waals surface area contributed by atoms with Crippen LogP contribution in [-0.2, 0) is 15.8 Å². The predicted octanol–water partition coefficient (Wildman–Crippen LogP) is 0.259. The third kappa shape index (κ3) is 4.46. The number of imidazole rings is 1. The molecule has 1 aromatic carbocycles. The van der Waals surface area contributed by atoms with Crippen LogP contribution in [0.3, 0.4) is 0 Å². The minimum absolute atomic E-state index is 0.0265. The number of nitrogens with one attached hydrogen (secondary N) is 1. The fraction of sp³-hybridized carbons (Fsp3) is 0.214. The van der Waals surface area contributed by atoms with Crippen molar-refractivity contribution in [3.05, 3.63) is 47.0 Å². The number of aromatic amines is 1. The summed E-state index contributed by atoms with van der Waals surface area (Å²) in [5.74, 6) is 0.360. The molecule has 0 fully saturated rings. The summed E-state index contributed by atoms with van der Waals surface area (Å²) in [6, 6.07) is 8.61. The molecule has 0 saturated heterocycles. The molecule has 0 aliphatic heterocycles. The van der Waals surface area contributed by atoms with Crippen molar-refractivity contribution >= 4 is 24.7 Å². The number of fused-ring (bicyclic) bond motifs is 1. The van der Waals surface area contributed by atoms with Gasteiger partial charge in [-0.05, 0) is 12.1 Å². The number of ether oxygens (including phenoxy) is 2. The van der Waals surface area contributed by atoms with Gasteiger partial charge in [0.25, 0.3) is 5.56 Å². The van der Waals surface area contributed by atoms with Crippen LogP contribution in [-0.4, -0.2) is 41.9 Å². The summed E-state index contributed by atoms with van der Waals surface area (Å²) < 4.78 is 23.4. The molecule has 138 valence electrons. The Morgan fingerprint density at radius 2 is 2.04 bits per heavy atom. The summed E-state index contributed by atoms with van der Waals surface area (Å²) in [7, 11) is -4.40. The van der Waals surface area contributed by atoms with Crippen LogP contribution in [0.2, 0.25) is 0 Å². The summed E-state index contributed by atoms with van der Waals surface area (Å²) >= 11 is 0. The molecule has 12 heteroatoms. The van der Waals surface area contributed by atoms with E-state index in [0.29, 0.717) is 5.75 Å². The molecular weight excluding hydrogens is 365 g/mol. The fourth-order valence-corrected chi connectivity index (χ4v) is 2.58. The topological polar surface area (TPSA) is 166 Å². The second-order valence-electron chi connectivity index (χ2n) is 5.34. The average molecular weight is 381 g/mol. The van der Waals surface area contributed by atoms with E-state index in [1.54, 1.807) is 30.3 Å². The lowest BCUT2D eigenvalue weighted by molar-refractivity contribution is -0.0756. The zero-order valence-corrected chi connectivity index (χ0v) is 14.2. The molecule has 0 radical (unpaired) electrons. The normalized spacial score (nSPS) is 13.0. The van der Waals surface area contributed by atoms with Crippen molar-refractivity contribution in [2.24, 2.45) is 0 Å². The monoisotopic (exact) mass is 381 g/mol. The minimum atomic E-state index is -4.40. The zero-order chi connectivity index (χ0) is 18.7. The van der Waals surface area contributed by atoms with Crippen LogP contribution in [0, 0.1) is 0 Å². The summed E-state index contributed by atoms with van der Waals surface area (Å²) in [4.78, 5) is 40.2. The number of aromatic nitrogens is 4. The van der Waals surface area contributed by atoms with Crippen LogP contribution in [0.25, 0.3) is 11.2 Å². The Labute approximate surface area is 146 Å². The van der Waals surface area contributed by atoms with Gasteiger partial charge < -0.3 is 29.6 Å².